The van der Waals surface area contributed by atoms with Crippen molar-refractivity contribution in [2.75, 3.05) is 6.54 Å². The van der Waals surface area contributed by atoms with Gasteiger partial charge >= 0.3 is 0 Å². The lowest BCUT2D eigenvalue weighted by Gasteiger charge is -2.09. The van der Waals surface area contributed by atoms with Gasteiger partial charge in [-0.2, -0.15) is 0 Å². The summed E-state index contributed by atoms with van der Waals surface area (Å²) in [6, 6.07) is 0. The fourth-order valence-electron chi connectivity index (χ4n) is 2.42. The molecule has 1 aliphatic rings. The average Bonchev–Trinajstić information content (AvgIpc) is 2.96. The number of hydrogen-bond acceptors (Lipinski definition) is 3. The van der Waals surface area contributed by atoms with Crippen LogP contribution in [0, 0.1) is 5.92 Å². The Bertz CT molecular complexity index is 329. The standard InChI is InChI=1S/C13H20N2O2/c16-13(8-11-4-1-2-5-11)14-7-3-6-12-9-15-17-10-12/h9-11H,1-8H2,(H,14,16). The number of hydrogen-bond donors (Lipinski definition) is 1. The third-order valence-electron chi connectivity index (χ3n) is 3.40. The lowest BCUT2D eigenvalue weighted by molar-refractivity contribution is -0.121. The first-order chi connectivity index (χ1) is 8.34. The molecule has 1 saturated carbocycles. The van der Waals surface area contributed by atoms with Crippen LogP contribution in [0.3, 0.4) is 0 Å². The molecule has 1 aromatic rings. The van der Waals surface area contributed by atoms with Crippen molar-refractivity contribution in [3.05, 3.63) is 18.0 Å². The molecule has 0 atom stereocenters. The second kappa shape index (κ2) is 6.42. The SMILES string of the molecule is O=C(CC1CCCC1)NCCCc1cnoc1. The van der Waals surface area contributed by atoms with E-state index in [1.807, 2.05) is 0 Å². The van der Waals surface area contributed by atoms with E-state index in [9.17, 15) is 4.79 Å². The molecule has 2 rings (SSSR count). The Morgan fingerprint density at radius 3 is 3.00 bits per heavy atom. The van der Waals surface area contributed by atoms with Crippen molar-refractivity contribution in [1.82, 2.24) is 10.5 Å². The van der Waals surface area contributed by atoms with Crippen LogP contribution in [0.2, 0.25) is 0 Å². The zero-order valence-electron chi connectivity index (χ0n) is 10.2. The quantitative estimate of drug-likeness (QED) is 0.771. The summed E-state index contributed by atoms with van der Waals surface area (Å²) in [6.45, 7) is 0.747. The summed E-state index contributed by atoms with van der Waals surface area (Å²) in [5, 5.41) is 6.62. The fraction of sp³-hybridized carbons (Fsp3) is 0.692. The maximum absolute atomic E-state index is 11.6. The fourth-order valence-corrected chi connectivity index (χ4v) is 2.42. The van der Waals surface area contributed by atoms with Crippen molar-refractivity contribution in [2.24, 2.45) is 5.92 Å². The van der Waals surface area contributed by atoms with Crippen LogP contribution in [0.4, 0.5) is 0 Å². The van der Waals surface area contributed by atoms with E-state index >= 15 is 0 Å². The van der Waals surface area contributed by atoms with Gasteiger partial charge in [-0.1, -0.05) is 18.0 Å². The van der Waals surface area contributed by atoms with Crippen LogP contribution in [-0.4, -0.2) is 17.6 Å². The molecule has 1 aliphatic carbocycles. The van der Waals surface area contributed by atoms with E-state index < -0.39 is 0 Å². The number of nitrogens with one attached hydrogen (secondary N) is 1. The predicted molar refractivity (Wildman–Crippen MR) is 64.4 cm³/mol. The number of rotatable bonds is 6. The van der Waals surface area contributed by atoms with Crippen LogP contribution in [0.25, 0.3) is 0 Å². The molecular weight excluding hydrogens is 216 g/mol. The summed E-state index contributed by atoms with van der Waals surface area (Å²) in [6.07, 6.45) is 11.0. The monoisotopic (exact) mass is 236 g/mol. The van der Waals surface area contributed by atoms with Gasteiger partial charge in [-0.05, 0) is 31.6 Å². The van der Waals surface area contributed by atoms with Crippen molar-refractivity contribution in [3.63, 3.8) is 0 Å². The van der Waals surface area contributed by atoms with Gasteiger partial charge in [-0.25, -0.2) is 0 Å². The molecule has 0 aliphatic heterocycles. The molecule has 4 heteroatoms. The Kier molecular flexibility index (Phi) is 4.59. The van der Waals surface area contributed by atoms with E-state index in [1.54, 1.807) is 12.5 Å². The van der Waals surface area contributed by atoms with E-state index in [4.69, 9.17) is 4.52 Å². The molecule has 1 aromatic heterocycles. The van der Waals surface area contributed by atoms with E-state index in [1.165, 1.54) is 25.7 Å². The van der Waals surface area contributed by atoms with Gasteiger partial charge in [0.1, 0.15) is 6.26 Å². The van der Waals surface area contributed by atoms with E-state index in [0.717, 1.165) is 24.9 Å². The number of aromatic nitrogens is 1. The van der Waals surface area contributed by atoms with Gasteiger partial charge in [0.05, 0.1) is 6.20 Å². The summed E-state index contributed by atoms with van der Waals surface area (Å²) >= 11 is 0. The van der Waals surface area contributed by atoms with Crippen molar-refractivity contribution in [1.29, 1.82) is 0 Å². The molecule has 0 spiro atoms. The molecule has 1 heterocycles. The lowest BCUT2D eigenvalue weighted by Crippen LogP contribution is -2.26. The van der Waals surface area contributed by atoms with E-state index in [0.29, 0.717) is 12.3 Å². The van der Waals surface area contributed by atoms with E-state index in [-0.39, 0.29) is 5.91 Å². The zero-order chi connectivity index (χ0) is 11.9. The van der Waals surface area contributed by atoms with Gasteiger partial charge in [-0.15, -0.1) is 0 Å². The van der Waals surface area contributed by atoms with Crippen molar-refractivity contribution in [2.45, 2.75) is 44.9 Å². The van der Waals surface area contributed by atoms with Crippen LogP contribution < -0.4 is 5.32 Å². The molecule has 1 fully saturated rings. The Hall–Kier alpha value is -1.32. The Morgan fingerprint density at radius 2 is 2.29 bits per heavy atom. The van der Waals surface area contributed by atoms with E-state index in [2.05, 4.69) is 10.5 Å². The zero-order valence-corrected chi connectivity index (χ0v) is 10.2. The summed E-state index contributed by atoms with van der Waals surface area (Å²) < 4.78 is 4.74. The molecule has 17 heavy (non-hydrogen) atoms. The third kappa shape index (κ3) is 4.21. The Labute approximate surface area is 102 Å². The van der Waals surface area contributed by atoms with Gasteiger partial charge in [0.25, 0.3) is 0 Å². The maximum Gasteiger partial charge on any atom is 0.220 e. The first-order valence-electron chi connectivity index (χ1n) is 6.49. The normalized spacial score (nSPS) is 16.2. The van der Waals surface area contributed by atoms with Crippen LogP contribution in [0.15, 0.2) is 17.0 Å². The Morgan fingerprint density at radius 1 is 1.47 bits per heavy atom. The number of carbonyl (C=O) groups is 1. The molecule has 0 unspecified atom stereocenters. The number of amides is 1. The second-order valence-electron chi connectivity index (χ2n) is 4.84. The van der Waals surface area contributed by atoms with Crippen molar-refractivity contribution >= 4 is 5.91 Å². The van der Waals surface area contributed by atoms with Gasteiger partial charge in [-0.3, -0.25) is 4.79 Å². The summed E-state index contributed by atoms with van der Waals surface area (Å²) in [5.74, 6) is 0.843. The van der Waals surface area contributed by atoms with Gasteiger partial charge < -0.3 is 9.84 Å². The summed E-state index contributed by atoms with van der Waals surface area (Å²) in [5.41, 5.74) is 1.09. The highest BCUT2D eigenvalue weighted by Crippen LogP contribution is 2.27. The summed E-state index contributed by atoms with van der Waals surface area (Å²) in [7, 11) is 0. The van der Waals surface area contributed by atoms with Crippen molar-refractivity contribution in [3.8, 4) is 0 Å². The van der Waals surface area contributed by atoms with Crippen LogP contribution in [0.1, 0.15) is 44.1 Å². The molecule has 0 bridgehead atoms. The molecule has 94 valence electrons. The number of carbonyl (C=O) groups excluding carboxylic acids is 1. The second-order valence-corrected chi connectivity index (χ2v) is 4.84. The van der Waals surface area contributed by atoms with Gasteiger partial charge in [0.2, 0.25) is 5.91 Å². The number of aryl methyl sites for hydroxylation is 1. The highest BCUT2D eigenvalue weighted by molar-refractivity contribution is 5.76. The largest absolute Gasteiger partial charge is 0.364 e. The molecule has 0 radical (unpaired) electrons. The lowest BCUT2D eigenvalue weighted by atomic mass is 10.0. The molecular formula is C13H20N2O2. The first kappa shape index (κ1) is 12.1. The molecule has 1 amide bonds. The molecule has 0 aromatic carbocycles. The average molecular weight is 236 g/mol. The molecule has 4 nitrogen and oxygen atoms in total. The minimum absolute atomic E-state index is 0.210. The Balaban J connectivity index is 1.53. The smallest absolute Gasteiger partial charge is 0.220 e. The third-order valence-corrected chi connectivity index (χ3v) is 3.40. The van der Waals surface area contributed by atoms with Crippen LogP contribution in [-0.2, 0) is 11.2 Å². The maximum atomic E-state index is 11.6. The minimum Gasteiger partial charge on any atom is -0.364 e. The van der Waals surface area contributed by atoms with Crippen molar-refractivity contribution < 1.29 is 9.32 Å². The predicted octanol–water partition coefficient (Wildman–Crippen LogP) is 2.30. The highest BCUT2D eigenvalue weighted by Gasteiger charge is 2.17. The summed E-state index contributed by atoms with van der Waals surface area (Å²) in [4.78, 5) is 11.6. The molecule has 1 N–H and O–H groups in total. The first-order valence-corrected chi connectivity index (χ1v) is 6.49. The van der Waals surface area contributed by atoms with Crippen LogP contribution >= 0.6 is 0 Å². The number of nitrogens with zero attached hydrogens (tertiary/aromatic N) is 1. The van der Waals surface area contributed by atoms with Gasteiger partial charge in [0, 0.05) is 18.5 Å². The highest BCUT2D eigenvalue weighted by atomic mass is 16.5. The van der Waals surface area contributed by atoms with Crippen LogP contribution in [0.5, 0.6) is 0 Å². The topological polar surface area (TPSA) is 55.1 Å². The minimum atomic E-state index is 0.210. The van der Waals surface area contributed by atoms with Gasteiger partial charge in [0.15, 0.2) is 0 Å². The molecule has 0 saturated heterocycles.